The number of fused-ring (bicyclic) bond motifs is 1. The molecule has 0 saturated heterocycles. The molecule has 0 bridgehead atoms. The van der Waals surface area contributed by atoms with Crippen molar-refractivity contribution in [2.75, 3.05) is 11.9 Å². The Hall–Kier alpha value is -2.85. The maximum Gasteiger partial charge on any atom is 0.417 e. The molecular formula is C17H13F3N2O4S. The SMILES string of the molecule is NS(=O)(=O)c1ccc(C=Cc2ccc3c(c2)NC(=O)CO3)c(C(F)(F)F)c1. The molecule has 0 fully saturated rings. The lowest BCUT2D eigenvalue weighted by Crippen LogP contribution is -2.25. The van der Waals surface area contributed by atoms with E-state index in [2.05, 4.69) is 5.32 Å². The van der Waals surface area contributed by atoms with Gasteiger partial charge in [-0.05, 0) is 35.4 Å². The number of halogens is 3. The van der Waals surface area contributed by atoms with Crippen LogP contribution in [0.5, 0.6) is 5.75 Å². The summed E-state index contributed by atoms with van der Waals surface area (Å²) < 4.78 is 67.7. The highest BCUT2D eigenvalue weighted by molar-refractivity contribution is 7.89. The average molecular weight is 398 g/mol. The van der Waals surface area contributed by atoms with Crippen LogP contribution < -0.4 is 15.2 Å². The summed E-state index contributed by atoms with van der Waals surface area (Å²) in [6.45, 7) is -0.104. The minimum absolute atomic E-state index is 0.104. The maximum atomic E-state index is 13.3. The topological polar surface area (TPSA) is 98.5 Å². The molecule has 0 radical (unpaired) electrons. The number of hydrogen-bond donors (Lipinski definition) is 2. The molecule has 3 N–H and O–H groups in total. The van der Waals surface area contributed by atoms with Crippen LogP contribution in [0.3, 0.4) is 0 Å². The number of alkyl halides is 3. The fourth-order valence-electron chi connectivity index (χ4n) is 2.49. The van der Waals surface area contributed by atoms with Crippen LogP contribution >= 0.6 is 0 Å². The number of sulfonamides is 1. The molecular weight excluding hydrogens is 385 g/mol. The number of primary sulfonamides is 1. The van der Waals surface area contributed by atoms with Crippen molar-refractivity contribution in [3.05, 3.63) is 53.1 Å². The number of carbonyl (C=O) groups is 1. The summed E-state index contributed by atoms with van der Waals surface area (Å²) in [6.07, 6.45) is -2.16. The van der Waals surface area contributed by atoms with Crippen LogP contribution in [0.15, 0.2) is 41.3 Å². The van der Waals surface area contributed by atoms with Crippen molar-refractivity contribution in [1.82, 2.24) is 0 Å². The number of carbonyl (C=O) groups excluding carboxylic acids is 1. The third-order valence-corrected chi connectivity index (χ3v) is 4.66. The molecule has 10 heteroatoms. The first-order valence-electron chi connectivity index (χ1n) is 7.53. The third-order valence-electron chi connectivity index (χ3n) is 3.75. The van der Waals surface area contributed by atoms with Crippen LogP contribution in [0.4, 0.5) is 18.9 Å². The molecule has 27 heavy (non-hydrogen) atoms. The van der Waals surface area contributed by atoms with E-state index in [1.807, 2.05) is 0 Å². The van der Waals surface area contributed by atoms with Gasteiger partial charge in [0.1, 0.15) is 5.75 Å². The average Bonchev–Trinajstić information content (AvgIpc) is 2.57. The lowest BCUT2D eigenvalue weighted by Gasteiger charge is -2.18. The van der Waals surface area contributed by atoms with E-state index in [1.54, 1.807) is 18.2 Å². The van der Waals surface area contributed by atoms with E-state index in [4.69, 9.17) is 9.88 Å². The molecule has 1 heterocycles. The van der Waals surface area contributed by atoms with Gasteiger partial charge in [0, 0.05) is 0 Å². The maximum absolute atomic E-state index is 13.3. The van der Waals surface area contributed by atoms with Crippen molar-refractivity contribution in [2.24, 2.45) is 5.14 Å². The molecule has 0 saturated carbocycles. The summed E-state index contributed by atoms with van der Waals surface area (Å²) >= 11 is 0. The van der Waals surface area contributed by atoms with Crippen molar-refractivity contribution in [1.29, 1.82) is 0 Å². The summed E-state index contributed by atoms with van der Waals surface area (Å²) in [5.41, 5.74) is -0.426. The number of nitrogens with one attached hydrogen (secondary N) is 1. The summed E-state index contributed by atoms with van der Waals surface area (Å²) in [7, 11) is -4.26. The largest absolute Gasteiger partial charge is 0.482 e. The molecule has 1 aliphatic rings. The second kappa shape index (κ2) is 6.71. The molecule has 1 amide bonds. The van der Waals surface area contributed by atoms with Crippen molar-refractivity contribution in [2.45, 2.75) is 11.1 Å². The predicted octanol–water partition coefficient (Wildman–Crippen LogP) is 2.85. The molecule has 3 rings (SSSR count). The van der Waals surface area contributed by atoms with E-state index in [0.717, 1.165) is 12.1 Å². The molecule has 0 atom stereocenters. The van der Waals surface area contributed by atoms with Gasteiger partial charge in [0.25, 0.3) is 5.91 Å². The normalized spacial score (nSPS) is 14.6. The number of anilines is 1. The first-order valence-corrected chi connectivity index (χ1v) is 9.07. The van der Waals surface area contributed by atoms with Crippen LogP contribution in [0, 0.1) is 0 Å². The monoisotopic (exact) mass is 398 g/mol. The quantitative estimate of drug-likeness (QED) is 0.777. The van der Waals surface area contributed by atoms with Gasteiger partial charge in [-0.15, -0.1) is 0 Å². The zero-order valence-electron chi connectivity index (χ0n) is 13.6. The molecule has 1 aliphatic heterocycles. The fourth-order valence-corrected chi connectivity index (χ4v) is 3.03. The number of rotatable bonds is 3. The zero-order valence-corrected chi connectivity index (χ0v) is 14.4. The molecule has 6 nitrogen and oxygen atoms in total. The van der Waals surface area contributed by atoms with Crippen LogP contribution in [-0.4, -0.2) is 20.9 Å². The molecule has 0 aliphatic carbocycles. The minimum atomic E-state index is -4.77. The fraction of sp³-hybridized carbons (Fsp3) is 0.118. The van der Waals surface area contributed by atoms with Gasteiger partial charge < -0.3 is 10.1 Å². The number of benzene rings is 2. The summed E-state index contributed by atoms with van der Waals surface area (Å²) in [6, 6.07) is 7.28. The Bertz CT molecular complexity index is 1050. The highest BCUT2D eigenvalue weighted by atomic mass is 32.2. The second-order valence-electron chi connectivity index (χ2n) is 5.72. The molecule has 0 spiro atoms. The number of ether oxygens (including phenoxy) is 1. The van der Waals surface area contributed by atoms with Gasteiger partial charge >= 0.3 is 6.18 Å². The Balaban J connectivity index is 1.98. The van der Waals surface area contributed by atoms with Crippen molar-refractivity contribution >= 4 is 33.8 Å². The zero-order chi connectivity index (χ0) is 19.8. The lowest BCUT2D eigenvalue weighted by atomic mass is 10.0. The van der Waals surface area contributed by atoms with Crippen LogP contribution in [0.1, 0.15) is 16.7 Å². The first-order chi connectivity index (χ1) is 12.5. The highest BCUT2D eigenvalue weighted by Crippen LogP contribution is 2.35. The number of nitrogens with two attached hydrogens (primary N) is 1. The van der Waals surface area contributed by atoms with E-state index in [9.17, 15) is 26.4 Å². The Labute approximate surface area is 152 Å². The Morgan fingerprint density at radius 3 is 2.52 bits per heavy atom. The summed E-state index contributed by atoms with van der Waals surface area (Å²) in [4.78, 5) is 10.7. The Morgan fingerprint density at radius 2 is 1.85 bits per heavy atom. The standard InChI is InChI=1S/C17H13F3N2O4S/c18-17(19,20)13-8-12(27(21,24)25)5-4-11(13)3-1-10-2-6-15-14(7-10)22-16(23)9-26-15/h1-8H,9H2,(H,22,23)(H2,21,24,25). The van der Waals surface area contributed by atoms with Crippen molar-refractivity contribution in [3.8, 4) is 5.75 Å². The van der Waals surface area contributed by atoms with Gasteiger partial charge in [-0.2, -0.15) is 13.2 Å². The highest BCUT2D eigenvalue weighted by Gasteiger charge is 2.33. The van der Waals surface area contributed by atoms with E-state index < -0.39 is 26.7 Å². The number of amides is 1. The van der Waals surface area contributed by atoms with Gasteiger partial charge in [-0.25, -0.2) is 13.6 Å². The number of hydrogen-bond acceptors (Lipinski definition) is 4. The van der Waals surface area contributed by atoms with Gasteiger partial charge in [0.05, 0.1) is 16.1 Å². The Kier molecular flexibility index (Phi) is 4.70. The minimum Gasteiger partial charge on any atom is -0.482 e. The molecule has 2 aromatic carbocycles. The van der Waals surface area contributed by atoms with Crippen LogP contribution in [-0.2, 0) is 21.0 Å². The Morgan fingerprint density at radius 1 is 1.11 bits per heavy atom. The molecule has 0 unspecified atom stereocenters. The van der Waals surface area contributed by atoms with E-state index in [1.165, 1.54) is 12.2 Å². The van der Waals surface area contributed by atoms with Crippen molar-refractivity contribution < 1.29 is 31.1 Å². The second-order valence-corrected chi connectivity index (χ2v) is 7.28. The van der Waals surface area contributed by atoms with Gasteiger partial charge in [0.15, 0.2) is 6.61 Å². The predicted molar refractivity (Wildman–Crippen MR) is 92.3 cm³/mol. The molecule has 2 aromatic rings. The lowest BCUT2D eigenvalue weighted by molar-refractivity contribution is -0.137. The first kappa shape index (κ1) is 18.9. The smallest absolute Gasteiger partial charge is 0.417 e. The van der Waals surface area contributed by atoms with E-state index in [-0.39, 0.29) is 18.1 Å². The van der Waals surface area contributed by atoms with Gasteiger partial charge in [-0.1, -0.05) is 24.3 Å². The summed E-state index contributed by atoms with van der Waals surface area (Å²) in [5.74, 6) is 0.127. The van der Waals surface area contributed by atoms with Gasteiger partial charge in [0.2, 0.25) is 10.0 Å². The van der Waals surface area contributed by atoms with E-state index in [0.29, 0.717) is 23.1 Å². The van der Waals surface area contributed by atoms with Crippen molar-refractivity contribution in [3.63, 3.8) is 0 Å². The van der Waals surface area contributed by atoms with Gasteiger partial charge in [-0.3, -0.25) is 4.79 Å². The molecule has 0 aromatic heterocycles. The molecule has 142 valence electrons. The third kappa shape index (κ3) is 4.29. The van der Waals surface area contributed by atoms with Crippen LogP contribution in [0.25, 0.3) is 12.2 Å². The van der Waals surface area contributed by atoms with E-state index >= 15 is 0 Å². The summed E-state index contributed by atoms with van der Waals surface area (Å²) in [5, 5.41) is 7.50. The van der Waals surface area contributed by atoms with Crippen LogP contribution in [0.2, 0.25) is 0 Å².